The third-order valence-electron chi connectivity index (χ3n) is 17.8. The molecule has 0 N–H and O–H groups in total. The fourth-order valence-electron chi connectivity index (χ4n) is 12.3. The number of rotatable bonds is 39. The Hall–Kier alpha value is -8.67. The van der Waals surface area contributed by atoms with E-state index in [2.05, 4.69) is 20.8 Å². The topological polar surface area (TPSA) is 130 Å². The average Bonchev–Trinajstić information content (AvgIpc) is 0.766. The van der Waals surface area contributed by atoms with Gasteiger partial charge in [0, 0.05) is 16.7 Å². The van der Waals surface area contributed by atoms with E-state index in [9.17, 15) is 68.3 Å². The van der Waals surface area contributed by atoms with Gasteiger partial charge >= 0.3 is 36.4 Å². The fourth-order valence-corrected chi connectivity index (χ4v) is 12.3. The lowest BCUT2D eigenvalue weighted by Crippen LogP contribution is -2.22. The van der Waals surface area contributed by atoms with E-state index in [1.54, 1.807) is 33.4 Å². The van der Waals surface area contributed by atoms with Crippen molar-refractivity contribution in [3.63, 3.8) is 0 Å². The van der Waals surface area contributed by atoms with Crippen molar-refractivity contribution in [1.82, 2.24) is 0 Å². The molecule has 0 amide bonds. The number of carbonyl (C=O) groups excluding carboxylic acids is 6. The summed E-state index contributed by atoms with van der Waals surface area (Å²) < 4.78 is 132. The van der Waals surface area contributed by atoms with Gasteiger partial charge in [0.1, 0.15) is 19.8 Å². The van der Waals surface area contributed by atoms with E-state index in [0.717, 1.165) is 260 Å². The number of aryl methyl sites for hydroxylation is 3. The van der Waals surface area contributed by atoms with Gasteiger partial charge in [-0.1, -0.05) is 168 Å². The van der Waals surface area contributed by atoms with Crippen LogP contribution in [0.1, 0.15) is 246 Å². The Labute approximate surface area is 574 Å². The Morgan fingerprint density at radius 1 is 0.242 bits per heavy atom. The van der Waals surface area contributed by atoms with Crippen LogP contribution in [0.15, 0.2) is 146 Å². The Morgan fingerprint density at radius 2 is 0.424 bits per heavy atom. The molecule has 0 aromatic heterocycles. The van der Waals surface area contributed by atoms with Crippen molar-refractivity contribution in [2.24, 2.45) is 0 Å². The molecule has 0 saturated heterocycles. The molecular weight excluding hydrogens is 1290 g/mol. The molecule has 0 aliphatic carbocycles. The molecule has 0 fully saturated rings. The van der Waals surface area contributed by atoms with Crippen molar-refractivity contribution in [1.29, 1.82) is 0 Å². The standard InChI is InChI=1S/C81H87F9O9/c1-4-7-22-67-70(25-16-10-13-19-55-28-34-58(35-29-55)52-97-76(94)64-46-40-61(41-47-64)73(91)79(82,83)84)68(23-8-5-2)72(27-18-12-15-21-57-32-38-60(39-33-57)54-99-78(96)66-50-44-63(45-51-66)75(93)81(88,89)90)69(24-9-6-3)71(67)26-17-11-14-20-56-30-36-59(37-31-56)53-98-77(95)65-48-42-62(43-49-65)74(92)80(85,86)87/h28-51H,4-27,52-54H2,1-3H3. The van der Waals surface area contributed by atoms with Gasteiger partial charge in [0.05, 0.1) is 16.7 Å². The first kappa shape index (κ1) is 77.7. The van der Waals surface area contributed by atoms with Crippen LogP contribution < -0.4 is 0 Å². The highest BCUT2D eigenvalue weighted by molar-refractivity contribution is 6.02. The highest BCUT2D eigenvalue weighted by atomic mass is 19.4. The van der Waals surface area contributed by atoms with Crippen LogP contribution in [-0.2, 0) is 91.8 Å². The molecule has 0 radical (unpaired) electrons. The highest BCUT2D eigenvalue weighted by Gasteiger charge is 2.41. The van der Waals surface area contributed by atoms with Crippen molar-refractivity contribution in [2.45, 2.75) is 213 Å². The quantitative estimate of drug-likeness (QED) is 0.0122. The van der Waals surface area contributed by atoms with E-state index in [4.69, 9.17) is 14.2 Å². The largest absolute Gasteiger partial charge is 0.457 e. The summed E-state index contributed by atoms with van der Waals surface area (Å²) in [6, 6.07) is 36.2. The van der Waals surface area contributed by atoms with E-state index < -0.39 is 70.5 Å². The molecule has 18 heteroatoms. The van der Waals surface area contributed by atoms with Crippen LogP contribution in [0.4, 0.5) is 39.5 Å². The summed E-state index contributed by atoms with van der Waals surface area (Å²) in [6.45, 7) is 6.68. The third-order valence-corrected chi connectivity index (χ3v) is 17.8. The van der Waals surface area contributed by atoms with E-state index in [1.807, 2.05) is 72.8 Å². The first-order valence-corrected chi connectivity index (χ1v) is 34.4. The monoisotopic (exact) mass is 1370 g/mol. The number of hydrogen-bond donors (Lipinski definition) is 0. The molecule has 7 aromatic carbocycles. The Balaban J connectivity index is 1.01. The van der Waals surface area contributed by atoms with Gasteiger partial charge in [-0.15, -0.1) is 0 Å². The Morgan fingerprint density at radius 3 is 0.626 bits per heavy atom. The number of benzene rings is 7. The van der Waals surface area contributed by atoms with Crippen LogP contribution in [0.5, 0.6) is 0 Å². The summed E-state index contributed by atoms with van der Waals surface area (Å²) in [7, 11) is 0. The second-order valence-corrected chi connectivity index (χ2v) is 25.3. The summed E-state index contributed by atoms with van der Waals surface area (Å²) in [6.07, 6.45) is 9.19. The molecule has 7 aromatic rings. The van der Waals surface area contributed by atoms with Gasteiger partial charge in [-0.25, -0.2) is 14.4 Å². The highest BCUT2D eigenvalue weighted by Crippen LogP contribution is 2.37. The van der Waals surface area contributed by atoms with E-state index >= 15 is 0 Å². The van der Waals surface area contributed by atoms with E-state index in [1.165, 1.54) is 0 Å². The molecule has 0 atom stereocenters. The second-order valence-electron chi connectivity index (χ2n) is 25.3. The third kappa shape index (κ3) is 24.0. The minimum Gasteiger partial charge on any atom is -0.457 e. The molecule has 7 rings (SSSR count). The van der Waals surface area contributed by atoms with Crippen LogP contribution in [0.25, 0.3) is 0 Å². The zero-order chi connectivity index (χ0) is 71.5. The first-order chi connectivity index (χ1) is 47.4. The number of Topliss-reactive ketones (excluding diaryl/α,β-unsaturated/α-hetero) is 3. The number of esters is 3. The molecule has 0 spiro atoms. The van der Waals surface area contributed by atoms with E-state index in [0.29, 0.717) is 0 Å². The SMILES string of the molecule is CCCCc1c(CCCCCc2ccc(COC(=O)c3ccc(C(=O)C(F)(F)F)cc3)cc2)c(CCCC)c(CCCCCc2ccc(COC(=O)c3ccc(C(=O)C(F)(F)F)cc3)cc2)c(CCCC)c1CCCCCc1ccc(COC(=O)c2ccc(C(=O)C(F)(F)F)cc2)cc1. The van der Waals surface area contributed by atoms with Crippen molar-refractivity contribution in [2.75, 3.05) is 0 Å². The fraction of sp³-hybridized carbons (Fsp3) is 0.407. The predicted molar refractivity (Wildman–Crippen MR) is 363 cm³/mol. The maximum atomic E-state index is 12.9. The molecule has 0 aliphatic rings. The molecule has 9 nitrogen and oxygen atoms in total. The normalized spacial score (nSPS) is 11.8. The number of unbranched alkanes of at least 4 members (excludes halogenated alkanes) is 9. The molecule has 0 saturated carbocycles. The summed E-state index contributed by atoms with van der Waals surface area (Å²) in [5.74, 6) is -8.11. The minimum absolute atomic E-state index is 0.0307. The summed E-state index contributed by atoms with van der Waals surface area (Å²) in [5.41, 5.74) is 13.5. The van der Waals surface area contributed by atoms with Crippen molar-refractivity contribution in [3.05, 3.63) is 246 Å². The molecule has 528 valence electrons. The zero-order valence-corrected chi connectivity index (χ0v) is 56.5. The average molecular weight is 1380 g/mol. The summed E-state index contributed by atoms with van der Waals surface area (Å²) >= 11 is 0. The van der Waals surface area contributed by atoms with Gasteiger partial charge in [0.15, 0.2) is 0 Å². The first-order valence-electron chi connectivity index (χ1n) is 34.4. The molecule has 0 unspecified atom stereocenters. The number of carbonyl (C=O) groups is 6. The number of ketones is 3. The second kappa shape index (κ2) is 38.1. The zero-order valence-electron chi connectivity index (χ0n) is 56.5. The van der Waals surface area contributed by atoms with Gasteiger partial charge in [-0.2, -0.15) is 39.5 Å². The number of halogens is 9. The maximum absolute atomic E-state index is 12.9. The number of alkyl halides is 9. The van der Waals surface area contributed by atoms with Gasteiger partial charge in [-0.05, 0) is 219 Å². The molecule has 0 heterocycles. The van der Waals surface area contributed by atoms with Crippen molar-refractivity contribution < 1.29 is 82.5 Å². The van der Waals surface area contributed by atoms with Crippen LogP contribution in [0.3, 0.4) is 0 Å². The van der Waals surface area contributed by atoms with Crippen molar-refractivity contribution >= 4 is 35.3 Å². The Kier molecular flexibility index (Phi) is 29.9. The molecule has 0 bridgehead atoms. The molecule has 99 heavy (non-hydrogen) atoms. The maximum Gasteiger partial charge on any atom is 0.454 e. The van der Waals surface area contributed by atoms with Crippen molar-refractivity contribution in [3.8, 4) is 0 Å². The smallest absolute Gasteiger partial charge is 0.454 e. The van der Waals surface area contributed by atoms with Gasteiger partial charge in [-0.3, -0.25) is 14.4 Å². The van der Waals surface area contributed by atoms with E-state index in [-0.39, 0.29) is 36.5 Å². The van der Waals surface area contributed by atoms with Gasteiger partial charge in [0.2, 0.25) is 0 Å². The number of ether oxygens (including phenoxy) is 3. The molecule has 0 aliphatic heterocycles. The van der Waals surface area contributed by atoms with Gasteiger partial charge in [0.25, 0.3) is 17.3 Å². The molecular formula is C81H87F9O9. The lowest BCUT2D eigenvalue weighted by Gasteiger charge is -2.28. The van der Waals surface area contributed by atoms with Gasteiger partial charge < -0.3 is 14.2 Å². The lowest BCUT2D eigenvalue weighted by atomic mass is 9.77. The van der Waals surface area contributed by atoms with Crippen LogP contribution in [-0.4, -0.2) is 53.8 Å². The number of hydrogen-bond acceptors (Lipinski definition) is 9. The van der Waals surface area contributed by atoms with Crippen LogP contribution in [0.2, 0.25) is 0 Å². The Bertz CT molecular complexity index is 3350. The van der Waals surface area contributed by atoms with Crippen LogP contribution >= 0.6 is 0 Å². The summed E-state index contributed by atoms with van der Waals surface area (Å²) in [5, 5.41) is 0. The summed E-state index contributed by atoms with van der Waals surface area (Å²) in [4.78, 5) is 73.0. The predicted octanol–water partition coefficient (Wildman–Crippen LogP) is 20.9. The minimum atomic E-state index is -5.02. The van der Waals surface area contributed by atoms with Crippen LogP contribution in [0, 0.1) is 0 Å². The lowest BCUT2D eigenvalue weighted by molar-refractivity contribution is -0.0888.